The summed E-state index contributed by atoms with van der Waals surface area (Å²) in [6.45, 7) is 5.56. The number of H-pyrrole nitrogens is 1. The predicted octanol–water partition coefficient (Wildman–Crippen LogP) is 2.60. The number of aromatic amines is 1. The summed E-state index contributed by atoms with van der Waals surface area (Å²) in [5.74, 6) is 0.626. The number of aryl methyl sites for hydroxylation is 2. The smallest absolute Gasteiger partial charge is 0.254 e. The first kappa shape index (κ1) is 16.4. The van der Waals surface area contributed by atoms with Gasteiger partial charge in [0.1, 0.15) is 5.82 Å². The zero-order valence-electron chi connectivity index (χ0n) is 13.3. The summed E-state index contributed by atoms with van der Waals surface area (Å²) in [6.07, 6.45) is 0.718. The molecule has 0 aliphatic heterocycles. The molecule has 0 saturated heterocycles. The van der Waals surface area contributed by atoms with Gasteiger partial charge in [0.15, 0.2) is 0 Å². The highest BCUT2D eigenvalue weighted by molar-refractivity contribution is 7.10. The molecule has 0 aliphatic rings. The molecule has 2 heterocycles. The summed E-state index contributed by atoms with van der Waals surface area (Å²) in [5, 5.41) is 2.00. The minimum Gasteiger partial charge on any atom is -0.338 e. The fourth-order valence-electron chi connectivity index (χ4n) is 2.39. The predicted molar refractivity (Wildman–Crippen MR) is 88.2 cm³/mol. The van der Waals surface area contributed by atoms with Crippen molar-refractivity contribution in [2.75, 3.05) is 7.05 Å². The van der Waals surface area contributed by atoms with Gasteiger partial charge in [-0.15, -0.1) is 11.3 Å². The van der Waals surface area contributed by atoms with Crippen LogP contribution in [0.5, 0.6) is 0 Å². The molecular weight excluding hydrogens is 298 g/mol. The van der Waals surface area contributed by atoms with E-state index in [9.17, 15) is 9.59 Å². The molecule has 0 bridgehead atoms. The van der Waals surface area contributed by atoms with Crippen LogP contribution >= 0.6 is 11.3 Å². The lowest BCUT2D eigenvalue weighted by Crippen LogP contribution is -2.30. The Balaban J connectivity index is 2.03. The number of thiophene rings is 1. The van der Waals surface area contributed by atoms with Gasteiger partial charge in [0.25, 0.3) is 5.56 Å². The third kappa shape index (κ3) is 3.62. The fourth-order valence-corrected chi connectivity index (χ4v) is 3.22. The molecule has 1 atom stereocenters. The number of amides is 1. The third-order valence-electron chi connectivity index (χ3n) is 3.86. The van der Waals surface area contributed by atoms with Crippen molar-refractivity contribution in [1.29, 1.82) is 0 Å². The number of nitrogens with zero attached hydrogens (tertiary/aromatic N) is 2. The molecule has 5 nitrogen and oxygen atoms in total. The molecule has 0 spiro atoms. The quantitative estimate of drug-likeness (QED) is 0.921. The zero-order valence-corrected chi connectivity index (χ0v) is 14.2. The van der Waals surface area contributed by atoms with Crippen molar-refractivity contribution >= 4 is 17.2 Å². The van der Waals surface area contributed by atoms with Gasteiger partial charge in [-0.2, -0.15) is 0 Å². The Labute approximate surface area is 134 Å². The number of hydrogen-bond acceptors (Lipinski definition) is 4. The molecule has 0 unspecified atom stereocenters. The first-order chi connectivity index (χ1) is 10.4. The molecule has 2 aromatic rings. The van der Waals surface area contributed by atoms with E-state index < -0.39 is 0 Å². The van der Waals surface area contributed by atoms with E-state index in [0.29, 0.717) is 29.9 Å². The van der Waals surface area contributed by atoms with Gasteiger partial charge in [0, 0.05) is 29.6 Å². The first-order valence-electron chi connectivity index (χ1n) is 7.25. The van der Waals surface area contributed by atoms with Crippen molar-refractivity contribution in [3.05, 3.63) is 49.8 Å². The summed E-state index contributed by atoms with van der Waals surface area (Å²) in [4.78, 5) is 34.1. The van der Waals surface area contributed by atoms with E-state index in [1.807, 2.05) is 24.4 Å². The van der Waals surface area contributed by atoms with Gasteiger partial charge < -0.3 is 9.88 Å². The Morgan fingerprint density at radius 3 is 2.77 bits per heavy atom. The Morgan fingerprint density at radius 1 is 1.45 bits per heavy atom. The van der Waals surface area contributed by atoms with E-state index in [2.05, 4.69) is 9.97 Å². The van der Waals surface area contributed by atoms with E-state index >= 15 is 0 Å². The van der Waals surface area contributed by atoms with Gasteiger partial charge in [0.05, 0.1) is 6.04 Å². The second-order valence-electron chi connectivity index (χ2n) is 5.41. The Hall–Kier alpha value is -1.95. The van der Waals surface area contributed by atoms with Crippen molar-refractivity contribution in [2.45, 2.75) is 39.7 Å². The second-order valence-corrected chi connectivity index (χ2v) is 6.39. The summed E-state index contributed by atoms with van der Waals surface area (Å²) in [5.41, 5.74) is 1.14. The van der Waals surface area contributed by atoms with Crippen LogP contribution in [0.25, 0.3) is 0 Å². The average Bonchev–Trinajstić information content (AvgIpc) is 2.98. The zero-order chi connectivity index (χ0) is 16.3. The molecule has 22 heavy (non-hydrogen) atoms. The van der Waals surface area contributed by atoms with E-state index in [1.165, 1.54) is 0 Å². The van der Waals surface area contributed by atoms with Crippen LogP contribution < -0.4 is 5.56 Å². The SMILES string of the molecule is Cc1nc(C)c(CCC(=O)N(C)[C@@H](C)c2cccs2)c(=O)[nH]1. The minimum absolute atomic E-state index is 0.0280. The highest BCUT2D eigenvalue weighted by Crippen LogP contribution is 2.24. The lowest BCUT2D eigenvalue weighted by molar-refractivity contribution is -0.131. The van der Waals surface area contributed by atoms with E-state index in [-0.39, 0.29) is 17.5 Å². The van der Waals surface area contributed by atoms with Gasteiger partial charge >= 0.3 is 0 Å². The highest BCUT2D eigenvalue weighted by Gasteiger charge is 2.19. The molecule has 2 rings (SSSR count). The monoisotopic (exact) mass is 319 g/mol. The average molecular weight is 319 g/mol. The maximum absolute atomic E-state index is 12.3. The molecule has 1 N–H and O–H groups in total. The largest absolute Gasteiger partial charge is 0.338 e. The molecule has 0 radical (unpaired) electrons. The first-order valence-corrected chi connectivity index (χ1v) is 8.13. The van der Waals surface area contributed by atoms with E-state index in [1.54, 1.807) is 37.1 Å². The number of aromatic nitrogens is 2. The summed E-state index contributed by atoms with van der Waals surface area (Å²) in [6, 6.07) is 4.05. The molecule has 0 aliphatic carbocycles. The molecule has 0 fully saturated rings. The van der Waals surface area contributed by atoms with Crippen LogP contribution in [0, 0.1) is 13.8 Å². The summed E-state index contributed by atoms with van der Waals surface area (Å²) < 4.78 is 0. The fraction of sp³-hybridized carbons (Fsp3) is 0.438. The van der Waals surface area contributed by atoms with Gasteiger partial charge in [-0.25, -0.2) is 4.98 Å². The second kappa shape index (κ2) is 6.87. The number of nitrogens with one attached hydrogen (secondary N) is 1. The van der Waals surface area contributed by atoms with Crippen molar-refractivity contribution < 1.29 is 4.79 Å². The van der Waals surface area contributed by atoms with Gasteiger partial charge in [-0.3, -0.25) is 9.59 Å². The van der Waals surface area contributed by atoms with E-state index in [4.69, 9.17) is 0 Å². The van der Waals surface area contributed by atoms with Crippen molar-refractivity contribution in [3.8, 4) is 0 Å². The maximum Gasteiger partial charge on any atom is 0.254 e. The van der Waals surface area contributed by atoms with E-state index in [0.717, 1.165) is 4.88 Å². The Bertz CT molecular complexity index is 707. The molecule has 6 heteroatoms. The molecule has 118 valence electrons. The Kier molecular flexibility index (Phi) is 5.13. The molecule has 0 saturated carbocycles. The minimum atomic E-state index is -0.147. The normalized spacial score (nSPS) is 12.2. The number of rotatable bonds is 5. The Morgan fingerprint density at radius 2 is 2.18 bits per heavy atom. The maximum atomic E-state index is 12.3. The lowest BCUT2D eigenvalue weighted by Gasteiger charge is -2.24. The van der Waals surface area contributed by atoms with Crippen LogP contribution in [0.1, 0.15) is 41.3 Å². The van der Waals surface area contributed by atoms with Crippen LogP contribution in [0.15, 0.2) is 22.3 Å². The van der Waals surface area contributed by atoms with Gasteiger partial charge in [0.2, 0.25) is 5.91 Å². The topological polar surface area (TPSA) is 66.1 Å². The van der Waals surface area contributed by atoms with Crippen molar-refractivity contribution in [2.24, 2.45) is 0 Å². The standard InChI is InChI=1S/C16H21N3O2S/c1-10-13(16(21)18-12(3)17-10)7-8-15(20)19(4)11(2)14-6-5-9-22-14/h5-6,9,11H,7-8H2,1-4H3,(H,17,18,21)/t11-/m0/s1. The molecular formula is C16H21N3O2S. The van der Waals surface area contributed by atoms with Crippen LogP contribution in [0.4, 0.5) is 0 Å². The van der Waals surface area contributed by atoms with Gasteiger partial charge in [-0.05, 0) is 38.6 Å². The highest BCUT2D eigenvalue weighted by atomic mass is 32.1. The van der Waals surface area contributed by atoms with Crippen LogP contribution in [0.3, 0.4) is 0 Å². The molecule has 0 aromatic carbocycles. The van der Waals surface area contributed by atoms with Crippen molar-refractivity contribution in [1.82, 2.24) is 14.9 Å². The van der Waals surface area contributed by atoms with Crippen molar-refractivity contribution in [3.63, 3.8) is 0 Å². The van der Waals surface area contributed by atoms with Gasteiger partial charge in [-0.1, -0.05) is 6.07 Å². The summed E-state index contributed by atoms with van der Waals surface area (Å²) in [7, 11) is 1.80. The molecule has 1 amide bonds. The third-order valence-corrected chi connectivity index (χ3v) is 4.90. The summed E-state index contributed by atoms with van der Waals surface area (Å²) >= 11 is 1.64. The van der Waals surface area contributed by atoms with Crippen LogP contribution in [-0.4, -0.2) is 27.8 Å². The van der Waals surface area contributed by atoms with Crippen LogP contribution in [-0.2, 0) is 11.2 Å². The molecule has 2 aromatic heterocycles. The van der Waals surface area contributed by atoms with Crippen LogP contribution in [0.2, 0.25) is 0 Å². The number of hydrogen-bond donors (Lipinski definition) is 1. The lowest BCUT2D eigenvalue weighted by atomic mass is 10.1. The number of carbonyl (C=O) groups is 1. The number of carbonyl (C=O) groups excluding carboxylic acids is 1.